The van der Waals surface area contributed by atoms with Gasteiger partial charge in [-0.1, -0.05) is 80.6 Å². The predicted octanol–water partition coefficient (Wildman–Crippen LogP) is 8.23. The van der Waals surface area contributed by atoms with Crippen molar-refractivity contribution < 1.29 is 9.53 Å². The van der Waals surface area contributed by atoms with Crippen LogP contribution in [0.3, 0.4) is 0 Å². The largest absolute Gasteiger partial charge is 0.489 e. The monoisotopic (exact) mass is 555 g/mol. The van der Waals surface area contributed by atoms with Gasteiger partial charge in [-0.25, -0.2) is 4.98 Å². The fraction of sp³-hybridized carbons (Fsp3) is 0.243. The third kappa shape index (κ3) is 6.01. The highest BCUT2D eigenvalue weighted by molar-refractivity contribution is 5.98. The molecule has 0 aliphatic heterocycles. The molecule has 5 aromatic rings. The van der Waals surface area contributed by atoms with Gasteiger partial charge in [-0.3, -0.25) is 4.79 Å². The number of hydrogen-bond acceptors (Lipinski definition) is 3. The minimum atomic E-state index is -0.218. The van der Waals surface area contributed by atoms with Crippen LogP contribution in [0.5, 0.6) is 5.75 Å². The van der Waals surface area contributed by atoms with E-state index in [1.165, 1.54) is 5.56 Å². The molecule has 0 spiro atoms. The van der Waals surface area contributed by atoms with E-state index in [0.29, 0.717) is 19.1 Å². The number of anilines is 1. The van der Waals surface area contributed by atoms with Gasteiger partial charge in [-0.15, -0.1) is 0 Å². The molecule has 0 saturated heterocycles. The third-order valence-corrected chi connectivity index (χ3v) is 8.22. The van der Waals surface area contributed by atoms with Crippen LogP contribution < -0.4 is 9.64 Å². The van der Waals surface area contributed by atoms with E-state index >= 15 is 0 Å². The average molecular weight is 556 g/mol. The van der Waals surface area contributed by atoms with Gasteiger partial charge in [-0.2, -0.15) is 0 Å². The van der Waals surface area contributed by atoms with Crippen LogP contribution in [0.15, 0.2) is 116 Å². The summed E-state index contributed by atoms with van der Waals surface area (Å²) in [5.41, 5.74) is 7.70. The van der Waals surface area contributed by atoms with Crippen molar-refractivity contribution in [2.75, 3.05) is 4.90 Å². The van der Waals surface area contributed by atoms with Crippen molar-refractivity contribution >= 4 is 11.6 Å². The minimum Gasteiger partial charge on any atom is -0.489 e. The Bertz CT molecular complexity index is 1610. The van der Waals surface area contributed by atoms with Gasteiger partial charge in [-0.05, 0) is 83.3 Å². The first-order valence-electron chi connectivity index (χ1n) is 14.8. The number of imidazole rings is 1. The van der Waals surface area contributed by atoms with Gasteiger partial charge in [0.25, 0.3) is 0 Å². The lowest BCUT2D eigenvalue weighted by Gasteiger charge is -2.32. The zero-order valence-corrected chi connectivity index (χ0v) is 24.3. The number of fused-ring (bicyclic) bond motifs is 1. The molecule has 4 aromatic carbocycles. The van der Waals surface area contributed by atoms with Gasteiger partial charge < -0.3 is 14.2 Å². The normalized spacial score (nSPS) is 14.4. The summed E-state index contributed by atoms with van der Waals surface area (Å²) in [6, 6.07) is 33.2. The lowest BCUT2D eigenvalue weighted by Crippen LogP contribution is -2.36. The highest BCUT2D eigenvalue weighted by Crippen LogP contribution is 2.39. The number of ether oxygens (including phenoxy) is 1. The van der Waals surface area contributed by atoms with E-state index in [1.807, 2.05) is 46.0 Å². The highest BCUT2D eigenvalue weighted by Gasteiger charge is 2.32. The van der Waals surface area contributed by atoms with Crippen LogP contribution in [-0.4, -0.2) is 15.5 Å². The second-order valence-corrected chi connectivity index (χ2v) is 11.4. The summed E-state index contributed by atoms with van der Waals surface area (Å²) in [4.78, 5) is 20.6. The summed E-state index contributed by atoms with van der Waals surface area (Å²) in [6.07, 6.45) is 8.19. The van der Waals surface area contributed by atoms with Gasteiger partial charge in [0.05, 0.1) is 18.8 Å². The van der Waals surface area contributed by atoms with Crippen LogP contribution >= 0.6 is 0 Å². The van der Waals surface area contributed by atoms with Crippen LogP contribution in [0.4, 0.5) is 5.69 Å². The standard InChI is InChI=1S/C37H37N3O2/c1-27(2)30-16-20-32(21-17-30)40(24-28-14-18-31(19-15-28)39-23-22-38-26-39)37(41)35-12-6-11-34-33(35)10-7-13-36(34)42-25-29-8-4-3-5-9-29/h3-5,7-10,13-23,26-27,35H,6,11-12,24-25H2,1-2H3. The van der Waals surface area contributed by atoms with Crippen LogP contribution in [-0.2, 0) is 24.4 Å². The highest BCUT2D eigenvalue weighted by atomic mass is 16.5. The lowest BCUT2D eigenvalue weighted by molar-refractivity contribution is -0.120. The van der Waals surface area contributed by atoms with Crippen molar-refractivity contribution in [3.8, 4) is 11.4 Å². The van der Waals surface area contributed by atoms with E-state index in [2.05, 4.69) is 85.6 Å². The molecule has 0 N–H and O–H groups in total. The molecule has 1 aromatic heterocycles. The first-order chi connectivity index (χ1) is 20.6. The van der Waals surface area contributed by atoms with E-state index in [1.54, 1.807) is 12.5 Å². The number of rotatable bonds is 9. The Labute approximate surface area is 248 Å². The Kier molecular flexibility index (Phi) is 8.18. The summed E-state index contributed by atoms with van der Waals surface area (Å²) in [6.45, 7) is 5.39. The topological polar surface area (TPSA) is 47.4 Å². The first kappa shape index (κ1) is 27.5. The smallest absolute Gasteiger partial charge is 0.234 e. The Balaban J connectivity index is 1.29. The van der Waals surface area contributed by atoms with Crippen LogP contribution in [0.25, 0.3) is 5.69 Å². The SMILES string of the molecule is CC(C)c1ccc(N(Cc2ccc(-n3ccnc3)cc2)C(=O)C2CCCc3c(OCc4ccccc4)cccc32)cc1. The van der Waals surface area contributed by atoms with Gasteiger partial charge in [0.1, 0.15) is 12.4 Å². The van der Waals surface area contributed by atoms with E-state index in [-0.39, 0.29) is 11.8 Å². The maximum Gasteiger partial charge on any atom is 0.234 e. The molecule has 6 rings (SSSR count). The fourth-order valence-electron chi connectivity index (χ4n) is 5.83. The summed E-state index contributed by atoms with van der Waals surface area (Å²) in [5.74, 6) is 1.23. The van der Waals surface area contributed by atoms with Crippen molar-refractivity contribution in [3.05, 3.63) is 144 Å². The molecule has 5 nitrogen and oxygen atoms in total. The molecule has 1 unspecified atom stereocenters. The van der Waals surface area contributed by atoms with Crippen LogP contribution in [0, 0.1) is 0 Å². The van der Waals surface area contributed by atoms with Gasteiger partial charge in [0, 0.05) is 23.8 Å². The molecule has 1 heterocycles. The number of carbonyl (C=O) groups excluding carboxylic acids is 1. The van der Waals surface area contributed by atoms with Crippen LogP contribution in [0.2, 0.25) is 0 Å². The number of nitrogens with zero attached hydrogens (tertiary/aromatic N) is 3. The van der Waals surface area contributed by atoms with Gasteiger partial charge >= 0.3 is 0 Å². The van der Waals surface area contributed by atoms with Gasteiger partial charge in [0.15, 0.2) is 0 Å². The Morgan fingerprint density at radius 1 is 0.929 bits per heavy atom. The zero-order chi connectivity index (χ0) is 28.9. The molecule has 0 bridgehead atoms. The number of amides is 1. The Hall–Kier alpha value is -4.64. The number of aromatic nitrogens is 2. The zero-order valence-electron chi connectivity index (χ0n) is 24.3. The molecule has 1 amide bonds. The number of benzene rings is 4. The first-order valence-corrected chi connectivity index (χ1v) is 14.8. The van der Waals surface area contributed by atoms with Crippen molar-refractivity contribution in [1.82, 2.24) is 9.55 Å². The molecule has 42 heavy (non-hydrogen) atoms. The molecule has 212 valence electrons. The molecular weight excluding hydrogens is 518 g/mol. The second-order valence-electron chi connectivity index (χ2n) is 11.4. The molecule has 5 heteroatoms. The van der Waals surface area contributed by atoms with E-state index in [9.17, 15) is 4.79 Å². The van der Waals surface area contributed by atoms with Crippen molar-refractivity contribution in [2.24, 2.45) is 0 Å². The third-order valence-electron chi connectivity index (χ3n) is 8.22. The van der Waals surface area contributed by atoms with Crippen molar-refractivity contribution in [3.63, 3.8) is 0 Å². The number of hydrogen-bond donors (Lipinski definition) is 0. The Morgan fingerprint density at radius 3 is 2.43 bits per heavy atom. The van der Waals surface area contributed by atoms with E-state index in [0.717, 1.165) is 58.6 Å². The molecule has 0 fully saturated rings. The Morgan fingerprint density at radius 2 is 1.71 bits per heavy atom. The summed E-state index contributed by atoms with van der Waals surface area (Å²) >= 11 is 0. The fourth-order valence-corrected chi connectivity index (χ4v) is 5.83. The van der Waals surface area contributed by atoms with E-state index in [4.69, 9.17) is 4.74 Å². The average Bonchev–Trinajstić information content (AvgIpc) is 3.58. The molecule has 0 radical (unpaired) electrons. The maximum absolute atomic E-state index is 14.5. The predicted molar refractivity (Wildman–Crippen MR) is 168 cm³/mol. The summed E-state index contributed by atoms with van der Waals surface area (Å²) in [5, 5.41) is 0. The molecular formula is C37H37N3O2. The van der Waals surface area contributed by atoms with Gasteiger partial charge in [0.2, 0.25) is 5.91 Å². The summed E-state index contributed by atoms with van der Waals surface area (Å²) in [7, 11) is 0. The molecule has 1 aliphatic carbocycles. The number of carbonyl (C=O) groups is 1. The quantitative estimate of drug-likeness (QED) is 0.184. The summed E-state index contributed by atoms with van der Waals surface area (Å²) < 4.78 is 8.29. The molecule has 0 saturated carbocycles. The van der Waals surface area contributed by atoms with Crippen molar-refractivity contribution in [2.45, 2.75) is 58.1 Å². The van der Waals surface area contributed by atoms with Crippen LogP contribution in [0.1, 0.15) is 66.3 Å². The lowest BCUT2D eigenvalue weighted by atomic mass is 9.81. The molecule has 1 aliphatic rings. The maximum atomic E-state index is 14.5. The minimum absolute atomic E-state index is 0.132. The molecule has 1 atom stereocenters. The van der Waals surface area contributed by atoms with E-state index < -0.39 is 0 Å². The second kappa shape index (κ2) is 12.5. The van der Waals surface area contributed by atoms with Crippen molar-refractivity contribution in [1.29, 1.82) is 0 Å².